The number of nitrogens with one attached hydrogen (secondary N) is 1. The first-order chi connectivity index (χ1) is 13.1. The molecule has 0 heterocycles. The first kappa shape index (κ1) is 22.8. The Morgan fingerprint density at radius 1 is 1.11 bits per heavy atom. The van der Waals surface area contributed by atoms with Gasteiger partial charge in [0.2, 0.25) is 10.0 Å². The molecule has 6 nitrogen and oxygen atoms in total. The van der Waals surface area contributed by atoms with Crippen LogP contribution in [0.3, 0.4) is 0 Å². The summed E-state index contributed by atoms with van der Waals surface area (Å²) in [7, 11) is 2.09. The van der Waals surface area contributed by atoms with Crippen molar-refractivity contribution in [2.24, 2.45) is 0 Å². The Morgan fingerprint density at radius 2 is 1.71 bits per heavy atom. The van der Waals surface area contributed by atoms with E-state index in [1.165, 1.54) is 42.1 Å². The van der Waals surface area contributed by atoms with Gasteiger partial charge in [-0.3, -0.25) is 4.79 Å². The zero-order chi connectivity index (χ0) is 20.9. The fraction of sp³-hybridized carbons (Fsp3) is 0.667. The fourth-order valence-electron chi connectivity index (χ4n) is 3.76. The van der Waals surface area contributed by atoms with Crippen LogP contribution in [0, 0.1) is 0 Å². The minimum absolute atomic E-state index is 0.0340. The van der Waals surface area contributed by atoms with E-state index in [1.54, 1.807) is 19.2 Å². The Bertz CT molecular complexity index is 767. The molecule has 7 heteroatoms. The number of hydrogen-bond acceptors (Lipinski definition) is 4. The SMILES string of the molecule is CC(C)N(C)S(=O)(=O)c1cccc(C(=O)NCC2(N(C)C)CCCCCC2)c1. The Hall–Kier alpha value is -1.44. The van der Waals surface area contributed by atoms with Crippen molar-refractivity contribution in [1.82, 2.24) is 14.5 Å². The summed E-state index contributed by atoms with van der Waals surface area (Å²) in [5, 5.41) is 3.06. The number of benzene rings is 1. The first-order valence-corrected chi connectivity index (χ1v) is 11.6. The fourth-order valence-corrected chi connectivity index (χ4v) is 5.17. The summed E-state index contributed by atoms with van der Waals surface area (Å²) < 4.78 is 26.8. The predicted molar refractivity (Wildman–Crippen MR) is 113 cm³/mol. The average molecular weight is 410 g/mol. The Labute approximate surface area is 170 Å². The molecule has 1 saturated carbocycles. The van der Waals surface area contributed by atoms with Crippen LogP contribution in [0.5, 0.6) is 0 Å². The van der Waals surface area contributed by atoms with E-state index < -0.39 is 10.0 Å². The van der Waals surface area contributed by atoms with Crippen LogP contribution in [-0.2, 0) is 10.0 Å². The van der Waals surface area contributed by atoms with Crippen LogP contribution in [0.15, 0.2) is 29.2 Å². The molecule has 0 atom stereocenters. The third-order valence-electron chi connectivity index (χ3n) is 6.06. The lowest BCUT2D eigenvalue weighted by Gasteiger charge is -2.39. The number of likely N-dealkylation sites (N-methyl/N-ethyl adjacent to an activating group) is 1. The van der Waals surface area contributed by atoms with Crippen molar-refractivity contribution in [3.63, 3.8) is 0 Å². The van der Waals surface area contributed by atoms with Gasteiger partial charge in [-0.15, -0.1) is 0 Å². The third kappa shape index (κ3) is 5.13. The van der Waals surface area contributed by atoms with E-state index in [0.29, 0.717) is 12.1 Å². The lowest BCUT2D eigenvalue weighted by molar-refractivity contribution is 0.0869. The van der Waals surface area contributed by atoms with E-state index in [2.05, 4.69) is 24.3 Å². The van der Waals surface area contributed by atoms with Gasteiger partial charge in [-0.2, -0.15) is 4.31 Å². The van der Waals surface area contributed by atoms with Crippen LogP contribution in [-0.4, -0.2) is 62.8 Å². The number of sulfonamides is 1. The van der Waals surface area contributed by atoms with Crippen LogP contribution in [0.4, 0.5) is 0 Å². The summed E-state index contributed by atoms with van der Waals surface area (Å²) in [5.74, 6) is -0.227. The second-order valence-corrected chi connectivity index (χ2v) is 10.4. The second kappa shape index (κ2) is 9.37. The topological polar surface area (TPSA) is 69.7 Å². The molecule has 1 aromatic carbocycles. The molecule has 158 valence electrons. The maximum absolute atomic E-state index is 12.8. The van der Waals surface area contributed by atoms with Crippen molar-refractivity contribution >= 4 is 15.9 Å². The molecular weight excluding hydrogens is 374 g/mol. The summed E-state index contributed by atoms with van der Waals surface area (Å²) in [6.07, 6.45) is 6.95. The van der Waals surface area contributed by atoms with Crippen molar-refractivity contribution < 1.29 is 13.2 Å². The van der Waals surface area contributed by atoms with Crippen molar-refractivity contribution in [1.29, 1.82) is 0 Å². The molecule has 1 fully saturated rings. The molecule has 0 bridgehead atoms. The molecule has 0 aromatic heterocycles. The van der Waals surface area contributed by atoms with E-state index in [9.17, 15) is 13.2 Å². The van der Waals surface area contributed by atoms with Crippen LogP contribution >= 0.6 is 0 Å². The molecular formula is C21H35N3O3S. The minimum Gasteiger partial charge on any atom is -0.350 e. The van der Waals surface area contributed by atoms with Gasteiger partial charge in [-0.25, -0.2) is 8.42 Å². The largest absolute Gasteiger partial charge is 0.350 e. The van der Waals surface area contributed by atoms with Gasteiger partial charge in [0, 0.05) is 30.7 Å². The maximum Gasteiger partial charge on any atom is 0.251 e. The molecule has 1 amide bonds. The first-order valence-electron chi connectivity index (χ1n) is 10.1. The smallest absolute Gasteiger partial charge is 0.251 e. The van der Waals surface area contributed by atoms with E-state index >= 15 is 0 Å². The van der Waals surface area contributed by atoms with E-state index in [0.717, 1.165) is 12.8 Å². The van der Waals surface area contributed by atoms with Crippen LogP contribution in [0.1, 0.15) is 62.7 Å². The van der Waals surface area contributed by atoms with Crippen molar-refractivity contribution in [2.45, 2.75) is 68.8 Å². The zero-order valence-electron chi connectivity index (χ0n) is 17.9. The molecule has 1 aliphatic carbocycles. The number of amides is 1. The van der Waals surface area contributed by atoms with Gasteiger partial charge < -0.3 is 10.2 Å². The quantitative estimate of drug-likeness (QED) is 0.703. The minimum atomic E-state index is -3.61. The predicted octanol–water partition coefficient (Wildman–Crippen LogP) is 3.10. The van der Waals surface area contributed by atoms with Gasteiger partial charge in [0.25, 0.3) is 5.91 Å². The molecule has 0 unspecified atom stereocenters. The molecule has 0 saturated heterocycles. The van der Waals surface area contributed by atoms with Gasteiger partial charge in [0.1, 0.15) is 0 Å². The highest BCUT2D eigenvalue weighted by Gasteiger charge is 2.33. The molecule has 28 heavy (non-hydrogen) atoms. The third-order valence-corrected chi connectivity index (χ3v) is 8.09. The number of nitrogens with zero attached hydrogens (tertiary/aromatic N) is 2. The van der Waals surface area contributed by atoms with Gasteiger partial charge in [-0.1, -0.05) is 31.7 Å². The second-order valence-electron chi connectivity index (χ2n) is 8.36. The zero-order valence-corrected chi connectivity index (χ0v) is 18.7. The summed E-state index contributed by atoms with van der Waals surface area (Å²) in [5.41, 5.74) is 0.342. The molecule has 0 radical (unpaired) electrons. The van der Waals surface area contributed by atoms with Crippen LogP contribution in [0.25, 0.3) is 0 Å². The molecule has 1 aromatic rings. The number of carbonyl (C=O) groups is 1. The summed E-state index contributed by atoms with van der Waals surface area (Å²) >= 11 is 0. The maximum atomic E-state index is 12.8. The van der Waals surface area contributed by atoms with Crippen molar-refractivity contribution in [3.05, 3.63) is 29.8 Å². The van der Waals surface area contributed by atoms with Crippen LogP contribution < -0.4 is 5.32 Å². The van der Waals surface area contributed by atoms with Crippen LogP contribution in [0.2, 0.25) is 0 Å². The highest BCUT2D eigenvalue weighted by atomic mass is 32.2. The highest BCUT2D eigenvalue weighted by Crippen LogP contribution is 2.30. The van der Waals surface area contributed by atoms with E-state index in [4.69, 9.17) is 0 Å². The number of rotatable bonds is 7. The summed E-state index contributed by atoms with van der Waals surface area (Å²) in [6, 6.07) is 6.15. The average Bonchev–Trinajstić information content (AvgIpc) is 2.92. The molecule has 2 rings (SSSR count). The van der Waals surface area contributed by atoms with E-state index in [-0.39, 0.29) is 22.4 Å². The normalized spacial score (nSPS) is 17.7. The summed E-state index contributed by atoms with van der Waals surface area (Å²) in [6.45, 7) is 4.21. The number of carbonyl (C=O) groups excluding carboxylic acids is 1. The molecule has 1 aliphatic rings. The summed E-state index contributed by atoms with van der Waals surface area (Å²) in [4.78, 5) is 15.2. The van der Waals surface area contributed by atoms with Gasteiger partial charge in [0.15, 0.2) is 0 Å². The van der Waals surface area contributed by atoms with Gasteiger partial charge >= 0.3 is 0 Å². The molecule has 0 spiro atoms. The lowest BCUT2D eigenvalue weighted by Crippen LogP contribution is -2.52. The Balaban J connectivity index is 2.16. The van der Waals surface area contributed by atoms with Gasteiger partial charge in [0.05, 0.1) is 4.90 Å². The highest BCUT2D eigenvalue weighted by molar-refractivity contribution is 7.89. The van der Waals surface area contributed by atoms with E-state index in [1.807, 2.05) is 13.8 Å². The standard InChI is InChI=1S/C21H35N3O3S/c1-17(2)24(5)28(26,27)19-12-10-11-18(15-19)20(25)22-16-21(23(3)4)13-8-6-7-9-14-21/h10-12,15,17H,6-9,13-14,16H2,1-5H3,(H,22,25). The Morgan fingerprint density at radius 3 is 2.25 bits per heavy atom. The number of hydrogen-bond donors (Lipinski definition) is 1. The van der Waals surface area contributed by atoms with Gasteiger partial charge in [-0.05, 0) is 59.0 Å². The van der Waals surface area contributed by atoms with Crippen molar-refractivity contribution in [3.8, 4) is 0 Å². The van der Waals surface area contributed by atoms with Crippen molar-refractivity contribution in [2.75, 3.05) is 27.7 Å². The molecule has 1 N–H and O–H groups in total. The molecule has 0 aliphatic heterocycles. The monoisotopic (exact) mass is 409 g/mol. The Kier molecular flexibility index (Phi) is 7.65. The lowest BCUT2D eigenvalue weighted by atomic mass is 9.88.